The number of aliphatic hydroxyl groups is 1. The summed E-state index contributed by atoms with van der Waals surface area (Å²) in [6, 6.07) is 6.08. The van der Waals surface area contributed by atoms with Crippen LogP contribution >= 0.6 is 0 Å². The van der Waals surface area contributed by atoms with Gasteiger partial charge in [-0.15, -0.1) is 0 Å². The summed E-state index contributed by atoms with van der Waals surface area (Å²) < 4.78 is 11.7. The Bertz CT molecular complexity index is 435. The van der Waals surface area contributed by atoms with Gasteiger partial charge in [-0.05, 0) is 30.5 Å². The molecular weight excluding hydrogens is 290 g/mol. The summed E-state index contributed by atoms with van der Waals surface area (Å²) in [5.74, 6) is 1.50. The van der Waals surface area contributed by atoms with Gasteiger partial charge >= 0.3 is 0 Å². The average Bonchev–Trinajstić information content (AvgIpc) is 2.54. The lowest BCUT2D eigenvalue weighted by atomic mass is 10.1. The molecule has 0 radical (unpaired) electrons. The highest BCUT2D eigenvalue weighted by Crippen LogP contribution is 2.31. The zero-order chi connectivity index (χ0) is 17.1. The number of hydrogen-bond donors (Lipinski definition) is 2. The molecule has 0 spiro atoms. The molecule has 4 nitrogen and oxygen atoms in total. The van der Waals surface area contributed by atoms with Gasteiger partial charge in [-0.3, -0.25) is 0 Å². The molecule has 1 aromatic carbocycles. The van der Waals surface area contributed by atoms with E-state index in [4.69, 9.17) is 9.47 Å². The maximum atomic E-state index is 10.3. The van der Waals surface area contributed by atoms with Crippen molar-refractivity contribution in [2.45, 2.75) is 65.5 Å². The largest absolute Gasteiger partial charge is 0.490 e. The van der Waals surface area contributed by atoms with Crippen molar-refractivity contribution in [3.05, 3.63) is 23.8 Å². The second kappa shape index (κ2) is 11.3. The van der Waals surface area contributed by atoms with Crippen LogP contribution in [0.3, 0.4) is 0 Å². The van der Waals surface area contributed by atoms with Crippen molar-refractivity contribution in [2.75, 3.05) is 19.8 Å². The third-order valence-electron chi connectivity index (χ3n) is 3.58. The molecule has 0 aliphatic carbocycles. The van der Waals surface area contributed by atoms with E-state index in [1.807, 2.05) is 18.2 Å². The zero-order valence-electron chi connectivity index (χ0n) is 15.1. The molecule has 132 valence electrons. The number of hydrogen-bond acceptors (Lipinski definition) is 4. The Morgan fingerprint density at radius 1 is 1.00 bits per heavy atom. The van der Waals surface area contributed by atoms with Crippen LogP contribution in [0.5, 0.6) is 11.5 Å². The normalized spacial score (nSPS) is 12.4. The molecule has 0 aliphatic heterocycles. The van der Waals surface area contributed by atoms with E-state index in [-0.39, 0.29) is 0 Å². The molecule has 0 bridgehead atoms. The summed E-state index contributed by atoms with van der Waals surface area (Å²) in [7, 11) is 0. The fourth-order valence-corrected chi connectivity index (χ4v) is 2.08. The van der Waals surface area contributed by atoms with Gasteiger partial charge in [0.05, 0.1) is 19.3 Å². The summed E-state index contributed by atoms with van der Waals surface area (Å²) >= 11 is 0. The van der Waals surface area contributed by atoms with E-state index in [9.17, 15) is 5.11 Å². The molecule has 1 unspecified atom stereocenters. The van der Waals surface area contributed by atoms with Gasteiger partial charge in [0, 0.05) is 12.6 Å². The number of nitrogens with one attached hydrogen (secondary N) is 1. The fourth-order valence-electron chi connectivity index (χ4n) is 2.08. The monoisotopic (exact) mass is 323 g/mol. The van der Waals surface area contributed by atoms with Crippen molar-refractivity contribution in [1.29, 1.82) is 0 Å². The number of unbranched alkanes of at least 4 members (excludes halogenated alkanes) is 2. The standard InChI is InChI=1S/C19H33NO3/c1-5-7-11-22-18-10-9-16(17(21)14-20-15(3)4)13-19(18)23-12-8-6-2/h9-10,13,15,17,20-21H,5-8,11-12,14H2,1-4H3. The maximum Gasteiger partial charge on any atom is 0.161 e. The van der Waals surface area contributed by atoms with Crippen molar-refractivity contribution in [2.24, 2.45) is 0 Å². The van der Waals surface area contributed by atoms with Crippen LogP contribution in [-0.4, -0.2) is 30.9 Å². The first kappa shape index (κ1) is 19.8. The van der Waals surface area contributed by atoms with Crippen molar-refractivity contribution < 1.29 is 14.6 Å². The summed E-state index contributed by atoms with van der Waals surface area (Å²) in [4.78, 5) is 0. The third-order valence-corrected chi connectivity index (χ3v) is 3.58. The van der Waals surface area contributed by atoms with Crippen LogP contribution in [0.4, 0.5) is 0 Å². The first-order chi connectivity index (χ1) is 11.1. The number of aliphatic hydroxyl groups excluding tert-OH is 1. The predicted molar refractivity (Wildman–Crippen MR) is 95.3 cm³/mol. The Morgan fingerprint density at radius 3 is 2.17 bits per heavy atom. The molecule has 1 atom stereocenters. The van der Waals surface area contributed by atoms with Crippen LogP contribution in [0.15, 0.2) is 18.2 Å². The lowest BCUT2D eigenvalue weighted by Gasteiger charge is -2.18. The maximum absolute atomic E-state index is 10.3. The first-order valence-corrected chi connectivity index (χ1v) is 8.89. The minimum atomic E-state index is -0.546. The molecule has 0 amide bonds. The van der Waals surface area contributed by atoms with Crippen LogP contribution in [0, 0.1) is 0 Å². The number of benzene rings is 1. The lowest BCUT2D eigenvalue weighted by molar-refractivity contribution is 0.170. The molecule has 0 saturated carbocycles. The van der Waals surface area contributed by atoms with Gasteiger partial charge in [-0.25, -0.2) is 0 Å². The Kier molecular flexibility index (Phi) is 9.72. The van der Waals surface area contributed by atoms with E-state index in [1.165, 1.54) is 0 Å². The molecule has 0 saturated heterocycles. The van der Waals surface area contributed by atoms with Crippen LogP contribution in [0.25, 0.3) is 0 Å². The van der Waals surface area contributed by atoms with Gasteiger partial charge < -0.3 is 19.9 Å². The van der Waals surface area contributed by atoms with E-state index >= 15 is 0 Å². The molecule has 1 rings (SSSR count). The topological polar surface area (TPSA) is 50.7 Å². The first-order valence-electron chi connectivity index (χ1n) is 8.89. The van der Waals surface area contributed by atoms with Gasteiger partial charge in [0.1, 0.15) is 0 Å². The van der Waals surface area contributed by atoms with Crippen molar-refractivity contribution in [3.63, 3.8) is 0 Å². The summed E-state index contributed by atoms with van der Waals surface area (Å²) in [5.41, 5.74) is 0.854. The minimum Gasteiger partial charge on any atom is -0.490 e. The smallest absolute Gasteiger partial charge is 0.161 e. The van der Waals surface area contributed by atoms with Crippen molar-refractivity contribution in [1.82, 2.24) is 5.32 Å². The molecule has 0 aromatic heterocycles. The highest BCUT2D eigenvalue weighted by Gasteiger charge is 2.13. The Balaban J connectivity index is 2.78. The van der Waals surface area contributed by atoms with Gasteiger partial charge in [0.2, 0.25) is 0 Å². The lowest BCUT2D eigenvalue weighted by Crippen LogP contribution is -2.27. The summed E-state index contributed by atoms with van der Waals surface area (Å²) in [5, 5.41) is 13.6. The second-order valence-corrected chi connectivity index (χ2v) is 6.19. The molecule has 23 heavy (non-hydrogen) atoms. The quantitative estimate of drug-likeness (QED) is 0.569. The fraction of sp³-hybridized carbons (Fsp3) is 0.684. The van der Waals surface area contributed by atoms with E-state index in [0.29, 0.717) is 25.8 Å². The van der Waals surface area contributed by atoms with Gasteiger partial charge in [0.25, 0.3) is 0 Å². The van der Waals surface area contributed by atoms with Gasteiger partial charge in [-0.2, -0.15) is 0 Å². The van der Waals surface area contributed by atoms with E-state index in [0.717, 1.165) is 42.7 Å². The minimum absolute atomic E-state index is 0.349. The highest BCUT2D eigenvalue weighted by molar-refractivity contribution is 5.43. The molecule has 0 aliphatic rings. The number of ether oxygens (including phenoxy) is 2. The average molecular weight is 323 g/mol. The Hall–Kier alpha value is -1.26. The van der Waals surface area contributed by atoms with Crippen molar-refractivity contribution in [3.8, 4) is 11.5 Å². The second-order valence-electron chi connectivity index (χ2n) is 6.19. The molecule has 0 heterocycles. The molecule has 4 heteroatoms. The van der Waals surface area contributed by atoms with Crippen LogP contribution in [-0.2, 0) is 0 Å². The SMILES string of the molecule is CCCCOc1ccc(C(O)CNC(C)C)cc1OCCCC. The molecule has 1 aromatic rings. The van der Waals surface area contributed by atoms with Crippen LogP contribution in [0.1, 0.15) is 65.0 Å². The predicted octanol–water partition coefficient (Wildman–Crippen LogP) is 4.08. The van der Waals surface area contributed by atoms with Crippen LogP contribution in [0.2, 0.25) is 0 Å². The Morgan fingerprint density at radius 2 is 1.61 bits per heavy atom. The van der Waals surface area contributed by atoms with Crippen LogP contribution < -0.4 is 14.8 Å². The third kappa shape index (κ3) is 7.71. The van der Waals surface area contributed by atoms with Gasteiger partial charge in [-0.1, -0.05) is 46.6 Å². The van der Waals surface area contributed by atoms with Crippen molar-refractivity contribution >= 4 is 0 Å². The number of rotatable bonds is 12. The molecular formula is C19H33NO3. The molecule has 0 fully saturated rings. The van der Waals surface area contributed by atoms with E-state index in [2.05, 4.69) is 33.0 Å². The zero-order valence-corrected chi connectivity index (χ0v) is 15.1. The summed E-state index contributed by atoms with van der Waals surface area (Å²) in [6.45, 7) is 10.3. The van der Waals surface area contributed by atoms with E-state index < -0.39 is 6.10 Å². The highest BCUT2D eigenvalue weighted by atomic mass is 16.5. The molecule has 2 N–H and O–H groups in total. The Labute approximate surface area is 141 Å². The van der Waals surface area contributed by atoms with Gasteiger partial charge in [0.15, 0.2) is 11.5 Å². The van der Waals surface area contributed by atoms with E-state index in [1.54, 1.807) is 0 Å². The summed E-state index contributed by atoms with van der Waals surface area (Å²) in [6.07, 6.45) is 3.68.